The second kappa shape index (κ2) is 4.32. The van der Waals surface area contributed by atoms with E-state index in [1.165, 1.54) is 46.8 Å². The van der Waals surface area contributed by atoms with Crippen LogP contribution in [0.5, 0.6) is 0 Å². The Morgan fingerprint density at radius 3 is 2.95 bits per heavy atom. The molecule has 0 unspecified atom stereocenters. The summed E-state index contributed by atoms with van der Waals surface area (Å²) >= 11 is 0. The number of aromatic amines is 1. The maximum atomic E-state index is 4.62. The summed E-state index contributed by atoms with van der Waals surface area (Å²) in [5.74, 6) is 0. The van der Waals surface area contributed by atoms with E-state index < -0.39 is 0 Å². The number of nitrogens with zero attached hydrogens (tertiary/aromatic N) is 2. The predicted octanol–water partition coefficient (Wildman–Crippen LogP) is 3.79. The third-order valence-electron chi connectivity index (χ3n) is 4.63. The highest BCUT2D eigenvalue weighted by molar-refractivity contribution is 6.09. The zero-order chi connectivity index (χ0) is 13.7. The van der Waals surface area contributed by atoms with Crippen LogP contribution in [0.1, 0.15) is 30.1 Å². The molecular formula is C17H19N3. The molecule has 3 nitrogen and oxygen atoms in total. The van der Waals surface area contributed by atoms with Crippen LogP contribution < -0.4 is 0 Å². The van der Waals surface area contributed by atoms with Crippen molar-refractivity contribution in [2.75, 3.05) is 13.6 Å². The Bertz CT molecular complexity index is 787. The van der Waals surface area contributed by atoms with Crippen LogP contribution in [0.3, 0.4) is 0 Å². The molecule has 0 radical (unpaired) electrons. The quantitative estimate of drug-likeness (QED) is 0.726. The van der Waals surface area contributed by atoms with E-state index in [4.69, 9.17) is 0 Å². The highest BCUT2D eigenvalue weighted by Crippen LogP contribution is 2.38. The van der Waals surface area contributed by atoms with E-state index in [1.807, 2.05) is 0 Å². The highest BCUT2D eigenvalue weighted by Gasteiger charge is 2.26. The summed E-state index contributed by atoms with van der Waals surface area (Å²) in [7, 11) is 2.22. The van der Waals surface area contributed by atoms with Crippen LogP contribution in [0.25, 0.3) is 21.8 Å². The first-order valence-electron chi connectivity index (χ1n) is 7.32. The molecule has 1 N–H and O–H groups in total. The van der Waals surface area contributed by atoms with Crippen LogP contribution >= 0.6 is 0 Å². The van der Waals surface area contributed by atoms with Gasteiger partial charge in [-0.15, -0.1) is 0 Å². The second-order valence-electron chi connectivity index (χ2n) is 5.86. The Labute approximate surface area is 118 Å². The zero-order valence-corrected chi connectivity index (χ0v) is 12.0. The lowest BCUT2D eigenvalue weighted by atomic mass is 10.00. The minimum absolute atomic E-state index is 0.504. The van der Waals surface area contributed by atoms with E-state index in [9.17, 15) is 0 Å². The van der Waals surface area contributed by atoms with Crippen molar-refractivity contribution in [3.63, 3.8) is 0 Å². The van der Waals surface area contributed by atoms with Crippen molar-refractivity contribution >= 4 is 21.8 Å². The van der Waals surface area contributed by atoms with Gasteiger partial charge < -0.3 is 4.98 Å². The maximum absolute atomic E-state index is 4.62. The summed E-state index contributed by atoms with van der Waals surface area (Å²) in [6, 6.07) is 9.07. The lowest BCUT2D eigenvalue weighted by molar-refractivity contribution is 0.318. The molecule has 20 heavy (non-hydrogen) atoms. The molecule has 1 aliphatic rings. The number of hydrogen-bond donors (Lipinski definition) is 1. The molecule has 3 heterocycles. The van der Waals surface area contributed by atoms with Gasteiger partial charge in [0.05, 0.1) is 11.2 Å². The Morgan fingerprint density at radius 2 is 2.15 bits per heavy atom. The number of aryl methyl sites for hydroxylation is 1. The van der Waals surface area contributed by atoms with Crippen LogP contribution in [0.4, 0.5) is 0 Å². The van der Waals surface area contributed by atoms with Gasteiger partial charge in [0.15, 0.2) is 0 Å². The minimum atomic E-state index is 0.504. The fraction of sp³-hybridized carbons (Fsp3) is 0.353. The summed E-state index contributed by atoms with van der Waals surface area (Å²) in [5, 5.41) is 2.69. The lowest BCUT2D eigenvalue weighted by Crippen LogP contribution is -2.17. The number of nitrogens with one attached hydrogen (secondary N) is 1. The van der Waals surface area contributed by atoms with Gasteiger partial charge >= 0.3 is 0 Å². The first-order chi connectivity index (χ1) is 9.75. The Balaban J connectivity index is 2.08. The van der Waals surface area contributed by atoms with Crippen LogP contribution in [-0.2, 0) is 0 Å². The number of para-hydroxylation sites is 1. The molecule has 1 saturated heterocycles. The van der Waals surface area contributed by atoms with E-state index in [-0.39, 0.29) is 0 Å². The molecule has 102 valence electrons. The van der Waals surface area contributed by atoms with Crippen molar-refractivity contribution in [3.05, 3.63) is 41.7 Å². The van der Waals surface area contributed by atoms with Crippen molar-refractivity contribution in [2.24, 2.45) is 0 Å². The topological polar surface area (TPSA) is 31.9 Å². The molecule has 2 aromatic heterocycles. The van der Waals surface area contributed by atoms with Crippen molar-refractivity contribution in [3.8, 4) is 0 Å². The molecule has 1 atom stereocenters. The molecule has 1 aliphatic heterocycles. The van der Waals surface area contributed by atoms with Gasteiger partial charge in [0.2, 0.25) is 0 Å². The highest BCUT2D eigenvalue weighted by atomic mass is 15.1. The van der Waals surface area contributed by atoms with E-state index >= 15 is 0 Å². The van der Waals surface area contributed by atoms with Gasteiger partial charge in [-0.05, 0) is 45.0 Å². The van der Waals surface area contributed by atoms with Gasteiger partial charge in [0.25, 0.3) is 0 Å². The fourth-order valence-electron chi connectivity index (χ4n) is 3.56. The molecule has 0 spiro atoms. The fourth-order valence-corrected chi connectivity index (χ4v) is 3.56. The van der Waals surface area contributed by atoms with Gasteiger partial charge in [0, 0.05) is 28.5 Å². The third-order valence-corrected chi connectivity index (χ3v) is 4.63. The Kier molecular flexibility index (Phi) is 2.57. The van der Waals surface area contributed by atoms with E-state index in [0.717, 1.165) is 5.69 Å². The summed E-state index contributed by atoms with van der Waals surface area (Å²) in [6.45, 7) is 3.27. The molecule has 3 heteroatoms. The molecule has 0 amide bonds. The summed E-state index contributed by atoms with van der Waals surface area (Å²) in [5.41, 5.74) is 4.87. The normalized spacial score (nSPS) is 20.2. The largest absolute Gasteiger partial charge is 0.353 e. The maximum Gasteiger partial charge on any atom is 0.0684 e. The van der Waals surface area contributed by atoms with E-state index in [1.54, 1.807) is 0 Å². The average Bonchev–Trinajstić information content (AvgIpc) is 3.04. The molecule has 1 aromatic carbocycles. The van der Waals surface area contributed by atoms with Crippen molar-refractivity contribution < 1.29 is 0 Å². The van der Waals surface area contributed by atoms with Crippen LogP contribution in [0, 0.1) is 6.92 Å². The third kappa shape index (κ3) is 1.59. The first kappa shape index (κ1) is 11.9. The van der Waals surface area contributed by atoms with Crippen LogP contribution in [0.15, 0.2) is 30.5 Å². The van der Waals surface area contributed by atoms with Gasteiger partial charge in [-0.3, -0.25) is 9.88 Å². The Morgan fingerprint density at radius 1 is 1.30 bits per heavy atom. The van der Waals surface area contributed by atoms with E-state index in [2.05, 4.69) is 59.3 Å². The lowest BCUT2D eigenvalue weighted by Gasteiger charge is -2.20. The first-order valence-corrected chi connectivity index (χ1v) is 7.32. The van der Waals surface area contributed by atoms with Crippen LogP contribution in [0.2, 0.25) is 0 Å². The zero-order valence-electron chi connectivity index (χ0n) is 12.0. The number of fused-ring (bicyclic) bond motifs is 3. The van der Waals surface area contributed by atoms with Crippen molar-refractivity contribution in [1.82, 2.24) is 14.9 Å². The standard InChI is InChI=1S/C17H19N3/c1-11-17-16(12-6-3-4-7-14(12)19-17)13(10-18-11)15-8-5-9-20(15)2/h3-4,6-7,10,15,19H,5,8-9H2,1-2H3/t15-/m0/s1. The smallest absolute Gasteiger partial charge is 0.0684 e. The molecule has 0 saturated carbocycles. The average molecular weight is 265 g/mol. The van der Waals surface area contributed by atoms with Crippen LogP contribution in [-0.4, -0.2) is 28.5 Å². The van der Waals surface area contributed by atoms with Gasteiger partial charge in [0.1, 0.15) is 0 Å². The second-order valence-corrected chi connectivity index (χ2v) is 5.86. The molecule has 4 rings (SSSR count). The number of aromatic nitrogens is 2. The molecule has 1 fully saturated rings. The predicted molar refractivity (Wildman–Crippen MR) is 82.9 cm³/mol. The summed E-state index contributed by atoms with van der Waals surface area (Å²) in [6.07, 6.45) is 4.60. The number of benzene rings is 1. The van der Waals surface area contributed by atoms with E-state index in [0.29, 0.717) is 6.04 Å². The minimum Gasteiger partial charge on any atom is -0.353 e. The van der Waals surface area contributed by atoms with Crippen molar-refractivity contribution in [2.45, 2.75) is 25.8 Å². The molecule has 0 aliphatic carbocycles. The summed E-state index contributed by atoms with van der Waals surface area (Å²) in [4.78, 5) is 10.6. The number of likely N-dealkylation sites (tertiary alicyclic amines) is 1. The number of hydrogen-bond acceptors (Lipinski definition) is 2. The number of H-pyrrole nitrogens is 1. The number of pyridine rings is 1. The molecular weight excluding hydrogens is 246 g/mol. The SMILES string of the molecule is Cc1ncc([C@@H]2CCCN2C)c2c1[nH]c1ccccc12. The Hall–Kier alpha value is -1.87. The summed E-state index contributed by atoms with van der Waals surface area (Å²) < 4.78 is 0. The van der Waals surface area contributed by atoms with Gasteiger partial charge in [-0.25, -0.2) is 0 Å². The van der Waals surface area contributed by atoms with Gasteiger partial charge in [-0.1, -0.05) is 18.2 Å². The van der Waals surface area contributed by atoms with Gasteiger partial charge in [-0.2, -0.15) is 0 Å². The van der Waals surface area contributed by atoms with Crippen molar-refractivity contribution in [1.29, 1.82) is 0 Å². The number of rotatable bonds is 1. The monoisotopic (exact) mass is 265 g/mol. The molecule has 0 bridgehead atoms. The molecule has 3 aromatic rings.